The van der Waals surface area contributed by atoms with E-state index in [1.807, 2.05) is 29.7 Å². The Hall–Kier alpha value is -3.82. The van der Waals surface area contributed by atoms with E-state index in [2.05, 4.69) is 22.1 Å². The Labute approximate surface area is 177 Å². The van der Waals surface area contributed by atoms with Gasteiger partial charge >= 0.3 is 6.09 Å². The average Bonchev–Trinajstić information content (AvgIpc) is 3.08. The van der Waals surface area contributed by atoms with E-state index in [-0.39, 0.29) is 6.61 Å². The quantitative estimate of drug-likeness (QED) is 0.622. The predicted molar refractivity (Wildman–Crippen MR) is 109 cm³/mol. The Kier molecular flexibility index (Phi) is 6.68. The van der Waals surface area contributed by atoms with Gasteiger partial charge in [0.1, 0.15) is 10.9 Å². The molecular weight excluding hydrogens is 400 g/mol. The van der Waals surface area contributed by atoms with Crippen molar-refractivity contribution < 1.29 is 9.53 Å². The van der Waals surface area contributed by atoms with Gasteiger partial charge in [0.05, 0.1) is 41.2 Å². The zero-order valence-corrected chi connectivity index (χ0v) is 17.0. The van der Waals surface area contributed by atoms with Gasteiger partial charge in [-0.2, -0.15) is 10.5 Å². The minimum absolute atomic E-state index is 0.0720. The molecule has 0 saturated heterocycles. The van der Waals surface area contributed by atoms with E-state index < -0.39 is 6.09 Å². The number of aromatic nitrogens is 3. The molecule has 2 heterocycles. The molecule has 150 valence electrons. The van der Waals surface area contributed by atoms with Crippen LogP contribution in [0.25, 0.3) is 0 Å². The summed E-state index contributed by atoms with van der Waals surface area (Å²) in [4.78, 5) is 20.9. The summed E-state index contributed by atoms with van der Waals surface area (Å²) in [5, 5.41) is 19.4. The molecule has 0 bridgehead atoms. The monoisotopic (exact) mass is 418 g/mol. The molecule has 1 aromatic carbocycles. The summed E-state index contributed by atoms with van der Waals surface area (Å²) in [5.74, 6) is 0.538. The molecule has 0 radical (unpaired) electrons. The first-order valence-corrected chi connectivity index (χ1v) is 9.89. The molecule has 0 spiro atoms. The normalized spacial score (nSPS) is 10.2. The number of carbonyl (C=O) groups is 1. The Bertz CT molecular complexity index is 1110. The van der Waals surface area contributed by atoms with Crippen molar-refractivity contribution in [3.63, 3.8) is 0 Å². The maximum absolute atomic E-state index is 11.1. The highest BCUT2D eigenvalue weighted by Gasteiger charge is 2.19. The molecule has 0 aliphatic rings. The summed E-state index contributed by atoms with van der Waals surface area (Å²) in [6, 6.07) is 14.8. The molecule has 0 atom stereocenters. The third-order valence-corrected chi connectivity index (χ3v) is 5.29. The highest BCUT2D eigenvalue weighted by molar-refractivity contribution is 7.99. The van der Waals surface area contributed by atoms with Crippen LogP contribution in [0.1, 0.15) is 35.3 Å². The van der Waals surface area contributed by atoms with Crippen LogP contribution in [0.4, 0.5) is 4.79 Å². The van der Waals surface area contributed by atoms with E-state index in [9.17, 15) is 15.3 Å². The van der Waals surface area contributed by atoms with Gasteiger partial charge in [-0.3, -0.25) is 4.98 Å². The van der Waals surface area contributed by atoms with E-state index in [0.29, 0.717) is 29.9 Å². The molecule has 0 aliphatic carbocycles. The number of nitrogens with zero attached hydrogens (tertiary/aromatic N) is 5. The standard InChI is InChI=1S/C21H18N6O2S/c1-2-18-20(30-17-8-14(10-22)7-15(9-17)11-23)27(12-16-5-3-4-6-25-16)19(26-18)13-29-21(24)28/h3-9H,2,12-13H2,1H3,(H2,24,28). The van der Waals surface area contributed by atoms with Crippen LogP contribution < -0.4 is 5.73 Å². The lowest BCUT2D eigenvalue weighted by Gasteiger charge is -2.12. The lowest BCUT2D eigenvalue weighted by atomic mass is 10.1. The van der Waals surface area contributed by atoms with Gasteiger partial charge < -0.3 is 15.0 Å². The van der Waals surface area contributed by atoms with Crippen LogP contribution >= 0.6 is 11.8 Å². The number of aryl methyl sites for hydroxylation is 1. The zero-order chi connectivity index (χ0) is 21.5. The fourth-order valence-corrected chi connectivity index (χ4v) is 4.03. The summed E-state index contributed by atoms with van der Waals surface area (Å²) >= 11 is 1.40. The van der Waals surface area contributed by atoms with Crippen molar-refractivity contribution in [2.24, 2.45) is 5.73 Å². The van der Waals surface area contributed by atoms with Gasteiger partial charge in [0.25, 0.3) is 0 Å². The average molecular weight is 418 g/mol. The van der Waals surface area contributed by atoms with Gasteiger partial charge in [-0.25, -0.2) is 9.78 Å². The fourth-order valence-electron chi connectivity index (χ4n) is 2.84. The smallest absolute Gasteiger partial charge is 0.404 e. The summed E-state index contributed by atoms with van der Waals surface area (Å²) < 4.78 is 6.90. The molecule has 0 fully saturated rings. The Morgan fingerprint density at radius 1 is 1.23 bits per heavy atom. The van der Waals surface area contributed by atoms with Gasteiger partial charge in [0.2, 0.25) is 0 Å². The Morgan fingerprint density at radius 3 is 2.53 bits per heavy atom. The maximum Gasteiger partial charge on any atom is 0.404 e. The van der Waals surface area contributed by atoms with E-state index in [1.165, 1.54) is 11.8 Å². The van der Waals surface area contributed by atoms with Gasteiger partial charge in [-0.1, -0.05) is 24.8 Å². The number of benzene rings is 1. The number of hydrogen-bond acceptors (Lipinski definition) is 7. The zero-order valence-electron chi connectivity index (χ0n) is 16.2. The second kappa shape index (κ2) is 9.59. The number of primary amides is 1. The van der Waals surface area contributed by atoms with Crippen molar-refractivity contribution in [1.29, 1.82) is 10.5 Å². The predicted octanol–water partition coefficient (Wildman–Crippen LogP) is 3.38. The third-order valence-electron chi connectivity index (χ3n) is 4.17. The number of ether oxygens (including phenoxy) is 1. The van der Waals surface area contributed by atoms with Crippen molar-refractivity contribution in [3.8, 4) is 12.1 Å². The number of rotatable bonds is 7. The van der Waals surface area contributed by atoms with Crippen LogP contribution in [0.15, 0.2) is 52.5 Å². The number of pyridine rings is 1. The SMILES string of the molecule is CCc1nc(COC(N)=O)n(Cc2ccccn2)c1Sc1cc(C#N)cc(C#N)c1. The molecule has 3 rings (SSSR count). The lowest BCUT2D eigenvalue weighted by Crippen LogP contribution is -2.16. The van der Waals surface area contributed by atoms with Crippen LogP contribution in [-0.2, 0) is 24.3 Å². The molecule has 30 heavy (non-hydrogen) atoms. The van der Waals surface area contributed by atoms with Crippen LogP contribution in [0.2, 0.25) is 0 Å². The highest BCUT2D eigenvalue weighted by atomic mass is 32.2. The fraction of sp³-hybridized carbons (Fsp3) is 0.190. The molecule has 2 aromatic heterocycles. The second-order valence-electron chi connectivity index (χ2n) is 6.22. The minimum Gasteiger partial charge on any atom is -0.442 e. The van der Waals surface area contributed by atoms with E-state index in [4.69, 9.17) is 10.5 Å². The number of amides is 1. The molecule has 2 N–H and O–H groups in total. The molecule has 0 unspecified atom stereocenters. The molecule has 9 heteroatoms. The maximum atomic E-state index is 11.1. The van der Waals surface area contributed by atoms with Gasteiger partial charge in [0.15, 0.2) is 6.61 Å². The Morgan fingerprint density at radius 2 is 1.97 bits per heavy atom. The topological polar surface area (TPSA) is 131 Å². The molecule has 0 aliphatic heterocycles. The first-order chi connectivity index (χ1) is 14.5. The van der Waals surface area contributed by atoms with Crippen molar-refractivity contribution >= 4 is 17.9 Å². The molecule has 8 nitrogen and oxygen atoms in total. The summed E-state index contributed by atoms with van der Waals surface area (Å²) in [6.07, 6.45) is 1.47. The van der Waals surface area contributed by atoms with Crippen LogP contribution in [0, 0.1) is 22.7 Å². The molecular formula is C21H18N6O2S. The number of nitrogens with two attached hydrogens (primary N) is 1. The van der Waals surface area contributed by atoms with Crippen molar-refractivity contribution in [2.75, 3.05) is 0 Å². The molecule has 1 amide bonds. The number of hydrogen-bond donors (Lipinski definition) is 1. The van der Waals surface area contributed by atoms with Gasteiger partial charge in [-0.05, 0) is 36.8 Å². The molecule has 3 aromatic rings. The van der Waals surface area contributed by atoms with Crippen LogP contribution in [0.3, 0.4) is 0 Å². The largest absolute Gasteiger partial charge is 0.442 e. The second-order valence-corrected chi connectivity index (χ2v) is 7.28. The van der Waals surface area contributed by atoms with E-state index >= 15 is 0 Å². The summed E-state index contributed by atoms with van der Waals surface area (Å²) in [7, 11) is 0. The first kappa shape index (κ1) is 20.9. The number of imidazole rings is 1. The number of carbonyl (C=O) groups excluding carboxylic acids is 1. The lowest BCUT2D eigenvalue weighted by molar-refractivity contribution is 0.145. The van der Waals surface area contributed by atoms with Crippen molar-refractivity contribution in [2.45, 2.75) is 36.4 Å². The Balaban J connectivity index is 2.06. The van der Waals surface area contributed by atoms with Crippen LogP contribution in [0.5, 0.6) is 0 Å². The third kappa shape index (κ3) is 4.96. The number of nitriles is 2. The summed E-state index contributed by atoms with van der Waals surface area (Å²) in [5.41, 5.74) is 7.56. The van der Waals surface area contributed by atoms with Crippen molar-refractivity contribution in [3.05, 3.63) is 70.9 Å². The van der Waals surface area contributed by atoms with Crippen LogP contribution in [-0.4, -0.2) is 20.6 Å². The van der Waals surface area contributed by atoms with Gasteiger partial charge in [-0.15, -0.1) is 0 Å². The minimum atomic E-state index is -0.880. The van der Waals surface area contributed by atoms with E-state index in [0.717, 1.165) is 21.3 Å². The summed E-state index contributed by atoms with van der Waals surface area (Å²) in [6.45, 7) is 2.32. The van der Waals surface area contributed by atoms with Crippen molar-refractivity contribution in [1.82, 2.24) is 14.5 Å². The molecule has 0 saturated carbocycles. The first-order valence-electron chi connectivity index (χ1n) is 9.07. The van der Waals surface area contributed by atoms with E-state index in [1.54, 1.807) is 24.4 Å². The van der Waals surface area contributed by atoms with Gasteiger partial charge in [0, 0.05) is 11.1 Å². The highest BCUT2D eigenvalue weighted by Crippen LogP contribution is 2.33.